The summed E-state index contributed by atoms with van der Waals surface area (Å²) in [5.41, 5.74) is 0.262. The van der Waals surface area contributed by atoms with Crippen molar-refractivity contribution in [3.05, 3.63) is 35.9 Å². The number of amides is 2. The fourth-order valence-electron chi connectivity index (χ4n) is 2.88. The van der Waals surface area contributed by atoms with E-state index in [-0.39, 0.29) is 24.9 Å². The predicted octanol–water partition coefficient (Wildman–Crippen LogP) is 2.34. The molecule has 154 valence electrons. The Morgan fingerprint density at radius 1 is 1.29 bits per heavy atom. The van der Waals surface area contributed by atoms with Gasteiger partial charge < -0.3 is 24.8 Å². The molecule has 1 aliphatic heterocycles. The Morgan fingerprint density at radius 2 is 1.96 bits per heavy atom. The minimum atomic E-state index is -1.21. The maximum Gasteiger partial charge on any atom is 0.408 e. The van der Waals surface area contributed by atoms with E-state index in [4.69, 9.17) is 9.47 Å². The van der Waals surface area contributed by atoms with Crippen molar-refractivity contribution in [3.8, 4) is 0 Å². The first kappa shape index (κ1) is 21.7. The lowest BCUT2D eigenvalue weighted by atomic mass is 10.1. The summed E-state index contributed by atoms with van der Waals surface area (Å²) >= 11 is 0. The molecule has 1 aromatic carbocycles. The maximum atomic E-state index is 12.6. The van der Waals surface area contributed by atoms with E-state index < -0.39 is 23.7 Å². The number of ether oxygens (including phenoxy) is 2. The number of hydrogen-bond acceptors (Lipinski definition) is 5. The Balaban J connectivity index is 1.88. The average molecular weight is 392 g/mol. The molecule has 1 saturated heterocycles. The van der Waals surface area contributed by atoms with E-state index in [0.717, 1.165) is 5.56 Å². The SMILES string of the molecule is CC(C)(C)OC(=O)N[C@@H](CCC(=O)N1CCOC(c2ccccc2)C1)C(=O)O. The number of aliphatic carboxylic acids is 1. The molecular weight excluding hydrogens is 364 g/mol. The maximum absolute atomic E-state index is 12.6. The summed E-state index contributed by atoms with van der Waals surface area (Å²) in [6, 6.07) is 8.45. The molecule has 0 bridgehead atoms. The van der Waals surface area contributed by atoms with Gasteiger partial charge >= 0.3 is 12.1 Å². The molecule has 1 unspecified atom stereocenters. The summed E-state index contributed by atoms with van der Waals surface area (Å²) in [7, 11) is 0. The number of carbonyl (C=O) groups excluding carboxylic acids is 2. The van der Waals surface area contributed by atoms with Gasteiger partial charge in [-0.1, -0.05) is 30.3 Å². The minimum Gasteiger partial charge on any atom is -0.480 e. The molecule has 1 heterocycles. The molecule has 8 heteroatoms. The highest BCUT2D eigenvalue weighted by molar-refractivity contribution is 5.82. The summed E-state index contributed by atoms with van der Waals surface area (Å²) in [5, 5.41) is 11.6. The number of carbonyl (C=O) groups is 3. The summed E-state index contributed by atoms with van der Waals surface area (Å²) < 4.78 is 10.8. The van der Waals surface area contributed by atoms with Crippen LogP contribution in [-0.2, 0) is 19.1 Å². The fraction of sp³-hybridized carbons (Fsp3) is 0.550. The van der Waals surface area contributed by atoms with Crippen molar-refractivity contribution in [2.24, 2.45) is 0 Å². The Morgan fingerprint density at radius 3 is 2.57 bits per heavy atom. The Bertz CT molecular complexity index is 686. The number of nitrogens with one attached hydrogen (secondary N) is 1. The highest BCUT2D eigenvalue weighted by atomic mass is 16.6. The lowest BCUT2D eigenvalue weighted by Gasteiger charge is -2.33. The predicted molar refractivity (Wildman–Crippen MR) is 102 cm³/mol. The second kappa shape index (κ2) is 9.54. The van der Waals surface area contributed by atoms with Crippen LogP contribution in [0.25, 0.3) is 0 Å². The quantitative estimate of drug-likeness (QED) is 0.770. The number of carboxylic acids is 1. The van der Waals surface area contributed by atoms with Crippen LogP contribution in [0.4, 0.5) is 4.79 Å². The van der Waals surface area contributed by atoms with Gasteiger partial charge in [0, 0.05) is 13.0 Å². The molecule has 2 N–H and O–H groups in total. The van der Waals surface area contributed by atoms with E-state index in [0.29, 0.717) is 19.7 Å². The molecule has 0 aromatic heterocycles. The topological polar surface area (TPSA) is 105 Å². The number of hydrogen-bond donors (Lipinski definition) is 2. The zero-order valence-corrected chi connectivity index (χ0v) is 16.5. The van der Waals surface area contributed by atoms with Crippen LogP contribution < -0.4 is 5.32 Å². The van der Waals surface area contributed by atoms with Gasteiger partial charge in [0.2, 0.25) is 5.91 Å². The summed E-state index contributed by atoms with van der Waals surface area (Å²) in [4.78, 5) is 37.4. The number of rotatable bonds is 6. The third-order valence-corrected chi connectivity index (χ3v) is 4.23. The molecule has 0 saturated carbocycles. The number of alkyl carbamates (subject to hydrolysis) is 1. The van der Waals surface area contributed by atoms with Crippen LogP contribution in [0.15, 0.2) is 30.3 Å². The number of carboxylic acid groups (broad SMARTS) is 1. The standard InChI is InChI=1S/C20H28N2O6/c1-20(2,3)28-19(26)21-15(18(24)25)9-10-17(23)22-11-12-27-16(13-22)14-7-5-4-6-8-14/h4-8,15-16H,9-13H2,1-3H3,(H,21,26)(H,24,25)/t15-,16?/m0/s1. The second-order valence-corrected chi connectivity index (χ2v) is 7.69. The van der Waals surface area contributed by atoms with Gasteiger partial charge in [-0.15, -0.1) is 0 Å². The Kier molecular flexibility index (Phi) is 7.39. The summed E-state index contributed by atoms with van der Waals surface area (Å²) in [6.07, 6.45) is -1.02. The van der Waals surface area contributed by atoms with Gasteiger partial charge in [0.15, 0.2) is 0 Å². The third-order valence-electron chi connectivity index (χ3n) is 4.23. The smallest absolute Gasteiger partial charge is 0.408 e. The lowest BCUT2D eigenvalue weighted by molar-refractivity contribution is -0.141. The molecule has 0 radical (unpaired) electrons. The molecular formula is C20H28N2O6. The van der Waals surface area contributed by atoms with Gasteiger partial charge in [0.25, 0.3) is 0 Å². The van der Waals surface area contributed by atoms with Crippen molar-refractivity contribution >= 4 is 18.0 Å². The molecule has 8 nitrogen and oxygen atoms in total. The van der Waals surface area contributed by atoms with E-state index in [1.54, 1.807) is 25.7 Å². The number of nitrogens with zero attached hydrogens (tertiary/aromatic N) is 1. The first-order valence-electron chi connectivity index (χ1n) is 9.32. The van der Waals surface area contributed by atoms with Crippen molar-refractivity contribution in [2.75, 3.05) is 19.7 Å². The first-order valence-corrected chi connectivity index (χ1v) is 9.32. The molecule has 2 atom stereocenters. The van der Waals surface area contributed by atoms with Crippen molar-refractivity contribution in [1.29, 1.82) is 0 Å². The second-order valence-electron chi connectivity index (χ2n) is 7.69. The van der Waals surface area contributed by atoms with Crippen LogP contribution in [0.3, 0.4) is 0 Å². The fourth-order valence-corrected chi connectivity index (χ4v) is 2.88. The van der Waals surface area contributed by atoms with Gasteiger partial charge in [-0.25, -0.2) is 9.59 Å². The minimum absolute atomic E-state index is 0.00821. The number of benzene rings is 1. The number of morpholine rings is 1. The normalized spacial score (nSPS) is 18.2. The average Bonchev–Trinajstić information content (AvgIpc) is 2.64. The van der Waals surface area contributed by atoms with Gasteiger partial charge in [-0.3, -0.25) is 4.79 Å². The zero-order chi connectivity index (χ0) is 20.7. The zero-order valence-electron chi connectivity index (χ0n) is 16.5. The van der Waals surface area contributed by atoms with Gasteiger partial charge in [0.1, 0.15) is 17.7 Å². The van der Waals surface area contributed by atoms with E-state index in [2.05, 4.69) is 5.32 Å². The van der Waals surface area contributed by atoms with Crippen LogP contribution in [0.2, 0.25) is 0 Å². The highest BCUT2D eigenvalue weighted by Gasteiger charge is 2.28. The van der Waals surface area contributed by atoms with E-state index in [1.165, 1.54) is 0 Å². The Hall–Kier alpha value is -2.61. The van der Waals surface area contributed by atoms with E-state index in [9.17, 15) is 19.5 Å². The first-order chi connectivity index (χ1) is 13.2. The molecule has 1 aromatic rings. The van der Waals surface area contributed by atoms with Crippen LogP contribution in [0.5, 0.6) is 0 Å². The molecule has 28 heavy (non-hydrogen) atoms. The molecule has 0 aliphatic carbocycles. The van der Waals surface area contributed by atoms with Crippen molar-refractivity contribution < 1.29 is 29.0 Å². The van der Waals surface area contributed by atoms with Crippen LogP contribution in [-0.4, -0.2) is 59.3 Å². The van der Waals surface area contributed by atoms with Crippen LogP contribution >= 0.6 is 0 Å². The van der Waals surface area contributed by atoms with Crippen molar-refractivity contribution in [3.63, 3.8) is 0 Å². The largest absolute Gasteiger partial charge is 0.480 e. The summed E-state index contributed by atoms with van der Waals surface area (Å²) in [6.45, 7) is 6.36. The monoisotopic (exact) mass is 392 g/mol. The van der Waals surface area contributed by atoms with Crippen molar-refractivity contribution in [1.82, 2.24) is 10.2 Å². The van der Waals surface area contributed by atoms with Crippen LogP contribution in [0, 0.1) is 0 Å². The van der Waals surface area contributed by atoms with Crippen molar-refractivity contribution in [2.45, 2.75) is 51.4 Å². The van der Waals surface area contributed by atoms with Gasteiger partial charge in [-0.05, 0) is 32.8 Å². The molecule has 1 aliphatic rings. The highest BCUT2D eigenvalue weighted by Crippen LogP contribution is 2.22. The van der Waals surface area contributed by atoms with E-state index >= 15 is 0 Å². The van der Waals surface area contributed by atoms with Gasteiger partial charge in [-0.2, -0.15) is 0 Å². The molecule has 0 spiro atoms. The van der Waals surface area contributed by atoms with E-state index in [1.807, 2.05) is 30.3 Å². The Labute approximate surface area is 164 Å². The van der Waals surface area contributed by atoms with Crippen LogP contribution in [0.1, 0.15) is 45.3 Å². The summed E-state index contributed by atoms with van der Waals surface area (Å²) in [5.74, 6) is -1.37. The molecule has 2 rings (SSSR count). The molecule has 1 fully saturated rings. The lowest BCUT2D eigenvalue weighted by Crippen LogP contribution is -2.45. The third kappa shape index (κ3) is 6.84. The molecule has 2 amide bonds. The van der Waals surface area contributed by atoms with Gasteiger partial charge in [0.05, 0.1) is 13.2 Å².